The van der Waals surface area contributed by atoms with E-state index >= 15 is 0 Å². The number of carbonyl (C=O) groups excluding carboxylic acids is 3. The lowest BCUT2D eigenvalue weighted by molar-refractivity contribution is -0.123. The second-order valence-corrected chi connectivity index (χ2v) is 10.9. The number of ketones is 1. The summed E-state index contributed by atoms with van der Waals surface area (Å²) in [5, 5.41) is 1.96. The van der Waals surface area contributed by atoms with Gasteiger partial charge in [-0.05, 0) is 74.2 Å². The lowest BCUT2D eigenvalue weighted by Gasteiger charge is -2.35. The zero-order valence-corrected chi connectivity index (χ0v) is 22.5. The standard InChI is InChI=1S/C32H23BrN2O4/c1-39-25-13-11-21(17-24(25)33)30(36)29-27-26(28-23-9-5-4-7-19(23)14-15-34(28)29)31(37)35(32(27)38)22-12-10-18-6-2-3-8-20(18)16-22/h2-17,26-29H,1H3/t26-,27+,28+,29-/m1/s1. The number of rotatable bonds is 4. The van der Waals surface area contributed by atoms with Crippen LogP contribution in [0.2, 0.25) is 0 Å². The van der Waals surface area contributed by atoms with Crippen LogP contribution in [0.1, 0.15) is 27.5 Å². The number of halogens is 1. The molecular formula is C32H23BrN2O4. The van der Waals surface area contributed by atoms with E-state index in [0.29, 0.717) is 21.5 Å². The molecule has 2 amide bonds. The summed E-state index contributed by atoms with van der Waals surface area (Å²) in [4.78, 5) is 45.7. The highest BCUT2D eigenvalue weighted by Gasteiger charge is 2.64. The van der Waals surface area contributed by atoms with Crippen molar-refractivity contribution >= 4 is 56.1 Å². The minimum Gasteiger partial charge on any atom is -0.496 e. The van der Waals surface area contributed by atoms with Gasteiger partial charge in [0.2, 0.25) is 11.8 Å². The van der Waals surface area contributed by atoms with Crippen molar-refractivity contribution in [1.82, 2.24) is 4.90 Å². The number of carbonyl (C=O) groups is 3. The molecule has 0 spiro atoms. The molecule has 2 saturated heterocycles. The zero-order chi connectivity index (χ0) is 26.8. The predicted molar refractivity (Wildman–Crippen MR) is 152 cm³/mol. The van der Waals surface area contributed by atoms with Crippen molar-refractivity contribution < 1.29 is 19.1 Å². The first-order valence-corrected chi connectivity index (χ1v) is 13.6. The number of hydrogen-bond donors (Lipinski definition) is 0. The number of fused-ring (bicyclic) bond motifs is 6. The monoisotopic (exact) mass is 578 g/mol. The molecule has 192 valence electrons. The van der Waals surface area contributed by atoms with E-state index in [9.17, 15) is 14.4 Å². The Hall–Kier alpha value is -4.23. The van der Waals surface area contributed by atoms with Crippen molar-refractivity contribution in [3.8, 4) is 5.75 Å². The van der Waals surface area contributed by atoms with Crippen molar-refractivity contribution in [2.45, 2.75) is 12.1 Å². The number of imide groups is 1. The minimum absolute atomic E-state index is 0.207. The minimum atomic E-state index is -0.827. The lowest BCUT2D eigenvalue weighted by Crippen LogP contribution is -2.44. The van der Waals surface area contributed by atoms with Crippen LogP contribution < -0.4 is 9.64 Å². The van der Waals surface area contributed by atoms with Crippen LogP contribution in [0.25, 0.3) is 16.8 Å². The first-order valence-electron chi connectivity index (χ1n) is 12.8. The van der Waals surface area contributed by atoms with Gasteiger partial charge in [0.25, 0.3) is 0 Å². The molecule has 6 nitrogen and oxygen atoms in total. The molecule has 39 heavy (non-hydrogen) atoms. The molecule has 0 N–H and O–H groups in total. The molecule has 0 aliphatic carbocycles. The van der Waals surface area contributed by atoms with E-state index in [2.05, 4.69) is 15.9 Å². The summed E-state index contributed by atoms with van der Waals surface area (Å²) >= 11 is 3.48. The lowest BCUT2D eigenvalue weighted by atomic mass is 9.83. The molecule has 0 aromatic heterocycles. The number of hydrogen-bond acceptors (Lipinski definition) is 5. The number of methoxy groups -OCH3 is 1. The SMILES string of the molecule is COc1ccc(C(=O)[C@H]2[C@H]3C(=O)N(c4ccc5ccccc5c4)C(=O)[C@H]3[C@@H]3c4ccccc4C=CN23)cc1Br. The zero-order valence-electron chi connectivity index (χ0n) is 21.0. The fourth-order valence-corrected chi connectivity index (χ4v) is 6.96. The number of amides is 2. The van der Waals surface area contributed by atoms with Crippen LogP contribution in [0.15, 0.2) is 95.6 Å². The Morgan fingerprint density at radius 3 is 2.38 bits per heavy atom. The molecule has 2 fully saturated rings. The first-order chi connectivity index (χ1) is 19.0. The number of benzene rings is 4. The van der Waals surface area contributed by atoms with E-state index in [1.165, 1.54) is 4.90 Å². The van der Waals surface area contributed by atoms with Crippen LogP contribution in [0.3, 0.4) is 0 Å². The topological polar surface area (TPSA) is 66.9 Å². The molecule has 3 aliphatic rings. The summed E-state index contributed by atoms with van der Waals surface area (Å²) < 4.78 is 5.99. The van der Waals surface area contributed by atoms with Gasteiger partial charge in [0.05, 0.1) is 35.1 Å². The highest BCUT2D eigenvalue weighted by atomic mass is 79.9. The fraction of sp³-hybridized carbons (Fsp3) is 0.156. The molecule has 7 rings (SSSR count). The molecule has 0 saturated carbocycles. The van der Waals surface area contributed by atoms with E-state index < -0.39 is 23.9 Å². The number of anilines is 1. The Morgan fingerprint density at radius 2 is 1.59 bits per heavy atom. The van der Waals surface area contributed by atoms with Gasteiger partial charge in [-0.3, -0.25) is 14.4 Å². The maximum atomic E-state index is 14.2. The van der Waals surface area contributed by atoms with Gasteiger partial charge in [-0.2, -0.15) is 0 Å². The van der Waals surface area contributed by atoms with Crippen LogP contribution >= 0.6 is 15.9 Å². The summed E-state index contributed by atoms with van der Waals surface area (Å²) in [6, 6.07) is 25.2. The Bertz CT molecular complexity index is 1730. The van der Waals surface area contributed by atoms with Gasteiger partial charge in [-0.25, -0.2) is 4.90 Å². The quantitative estimate of drug-likeness (QED) is 0.219. The van der Waals surface area contributed by atoms with Gasteiger partial charge >= 0.3 is 0 Å². The van der Waals surface area contributed by atoms with E-state index in [0.717, 1.165) is 21.9 Å². The largest absolute Gasteiger partial charge is 0.496 e. The van der Waals surface area contributed by atoms with Crippen LogP contribution in [0.4, 0.5) is 5.69 Å². The van der Waals surface area contributed by atoms with Gasteiger partial charge in [0.15, 0.2) is 5.78 Å². The second-order valence-electron chi connectivity index (χ2n) is 10.1. The Balaban J connectivity index is 1.36. The summed E-state index contributed by atoms with van der Waals surface area (Å²) in [6.07, 6.45) is 3.82. The van der Waals surface area contributed by atoms with Crippen molar-refractivity contribution in [3.63, 3.8) is 0 Å². The molecule has 3 heterocycles. The Morgan fingerprint density at radius 1 is 0.846 bits per heavy atom. The average Bonchev–Trinajstić information content (AvgIpc) is 3.44. The molecule has 7 heteroatoms. The van der Waals surface area contributed by atoms with E-state index in [-0.39, 0.29) is 17.6 Å². The van der Waals surface area contributed by atoms with Gasteiger partial charge in [-0.1, -0.05) is 54.6 Å². The highest BCUT2D eigenvalue weighted by molar-refractivity contribution is 9.10. The number of Topliss-reactive ketones (excluding diaryl/α,β-unsaturated/α-hetero) is 1. The fourth-order valence-electron chi connectivity index (χ4n) is 6.42. The molecule has 0 bridgehead atoms. The van der Waals surface area contributed by atoms with Crippen molar-refractivity contribution in [2.75, 3.05) is 12.0 Å². The van der Waals surface area contributed by atoms with Crippen LogP contribution in [0, 0.1) is 11.8 Å². The van der Waals surface area contributed by atoms with Crippen LogP contribution in [-0.4, -0.2) is 35.6 Å². The number of ether oxygens (including phenoxy) is 1. The second kappa shape index (κ2) is 8.92. The van der Waals surface area contributed by atoms with Crippen LogP contribution in [0.5, 0.6) is 5.75 Å². The van der Waals surface area contributed by atoms with Gasteiger partial charge in [0.1, 0.15) is 11.8 Å². The van der Waals surface area contributed by atoms with Gasteiger partial charge in [-0.15, -0.1) is 0 Å². The summed E-state index contributed by atoms with van der Waals surface area (Å²) in [5.41, 5.74) is 2.91. The third kappa shape index (κ3) is 3.49. The molecule has 0 radical (unpaired) electrons. The Kier molecular flexibility index (Phi) is 5.45. The maximum absolute atomic E-state index is 14.2. The third-order valence-electron chi connectivity index (χ3n) is 8.16. The molecular weight excluding hydrogens is 556 g/mol. The smallest absolute Gasteiger partial charge is 0.240 e. The maximum Gasteiger partial charge on any atom is 0.240 e. The van der Waals surface area contributed by atoms with E-state index in [1.807, 2.05) is 83.9 Å². The normalized spacial score (nSPS) is 23.1. The Labute approximate surface area is 233 Å². The number of nitrogens with zero attached hydrogens (tertiary/aromatic N) is 2. The van der Waals surface area contributed by atoms with Crippen molar-refractivity contribution in [2.24, 2.45) is 11.8 Å². The third-order valence-corrected chi connectivity index (χ3v) is 8.78. The first kappa shape index (κ1) is 23.9. The van der Waals surface area contributed by atoms with Gasteiger partial charge in [0, 0.05) is 11.8 Å². The predicted octanol–water partition coefficient (Wildman–Crippen LogP) is 6.01. The molecule has 4 atom stereocenters. The molecule has 0 unspecified atom stereocenters. The van der Waals surface area contributed by atoms with Crippen LogP contribution in [-0.2, 0) is 9.59 Å². The van der Waals surface area contributed by atoms with E-state index in [4.69, 9.17) is 4.74 Å². The summed E-state index contributed by atoms with van der Waals surface area (Å²) in [6.45, 7) is 0. The molecule has 3 aliphatic heterocycles. The van der Waals surface area contributed by atoms with Gasteiger partial charge < -0.3 is 9.64 Å². The van der Waals surface area contributed by atoms with E-state index in [1.54, 1.807) is 25.3 Å². The van der Waals surface area contributed by atoms with Crippen molar-refractivity contribution in [3.05, 3.63) is 112 Å². The average molecular weight is 579 g/mol. The molecule has 4 aromatic rings. The summed E-state index contributed by atoms with van der Waals surface area (Å²) in [7, 11) is 1.56. The highest BCUT2D eigenvalue weighted by Crippen LogP contribution is 2.54. The van der Waals surface area contributed by atoms with Crippen molar-refractivity contribution in [1.29, 1.82) is 0 Å². The summed E-state index contributed by atoms with van der Waals surface area (Å²) in [5.74, 6) is -1.72. The molecule has 4 aromatic carbocycles.